The summed E-state index contributed by atoms with van der Waals surface area (Å²) in [7, 11) is 0. The number of halogens is 2. The van der Waals surface area contributed by atoms with Gasteiger partial charge in [0.15, 0.2) is 5.82 Å². The van der Waals surface area contributed by atoms with Crippen molar-refractivity contribution in [3.8, 4) is 5.69 Å². The number of hydrogen-bond donors (Lipinski definition) is 1. The molecule has 4 nitrogen and oxygen atoms in total. The number of anilines is 1. The van der Waals surface area contributed by atoms with Crippen molar-refractivity contribution in [1.82, 2.24) is 9.36 Å². The van der Waals surface area contributed by atoms with Crippen molar-refractivity contribution in [2.75, 3.05) is 5.73 Å². The number of benzene rings is 1. The zero-order chi connectivity index (χ0) is 14.9. The van der Waals surface area contributed by atoms with Crippen molar-refractivity contribution in [1.29, 1.82) is 0 Å². The largest absolute Gasteiger partial charge is 0.393 e. The van der Waals surface area contributed by atoms with E-state index in [1.807, 2.05) is 13.8 Å². The van der Waals surface area contributed by atoms with E-state index in [9.17, 15) is 13.6 Å². The highest BCUT2D eigenvalue weighted by Gasteiger charge is 2.19. The number of nitrogen functional groups attached to an aromatic ring is 1. The summed E-state index contributed by atoms with van der Waals surface area (Å²) >= 11 is 0. The van der Waals surface area contributed by atoms with Crippen LogP contribution in [0.2, 0.25) is 0 Å². The molecule has 0 amide bonds. The molecule has 0 saturated heterocycles. The molecular formula is C14H17F2N3O. The molecule has 2 aromatic rings. The van der Waals surface area contributed by atoms with Crippen LogP contribution < -0.4 is 11.3 Å². The molecule has 6 heteroatoms. The normalized spacial score (nSPS) is 11.0. The average Bonchev–Trinajstić information content (AvgIpc) is 2.64. The van der Waals surface area contributed by atoms with Gasteiger partial charge in [-0.15, -0.1) is 0 Å². The van der Waals surface area contributed by atoms with Gasteiger partial charge < -0.3 is 5.73 Å². The second-order valence-electron chi connectivity index (χ2n) is 4.54. The first-order valence-corrected chi connectivity index (χ1v) is 6.56. The predicted molar refractivity (Wildman–Crippen MR) is 74.0 cm³/mol. The van der Waals surface area contributed by atoms with Gasteiger partial charge in [0.2, 0.25) is 0 Å². The van der Waals surface area contributed by atoms with E-state index in [-0.39, 0.29) is 11.4 Å². The van der Waals surface area contributed by atoms with E-state index < -0.39 is 17.2 Å². The molecule has 0 aliphatic rings. The van der Waals surface area contributed by atoms with E-state index in [1.54, 1.807) is 4.68 Å². The Balaban J connectivity index is 2.73. The molecule has 2 N–H and O–H groups in total. The van der Waals surface area contributed by atoms with E-state index in [0.29, 0.717) is 18.7 Å². The monoisotopic (exact) mass is 281 g/mol. The molecule has 0 radical (unpaired) electrons. The van der Waals surface area contributed by atoms with Crippen LogP contribution in [0, 0.1) is 11.6 Å². The van der Waals surface area contributed by atoms with Crippen molar-refractivity contribution in [3.63, 3.8) is 0 Å². The van der Waals surface area contributed by atoms with Gasteiger partial charge in [0.05, 0.1) is 5.69 Å². The third kappa shape index (κ3) is 2.21. The Morgan fingerprint density at radius 2 is 1.95 bits per heavy atom. The van der Waals surface area contributed by atoms with E-state index >= 15 is 0 Å². The van der Waals surface area contributed by atoms with Crippen LogP contribution in [-0.2, 0) is 13.0 Å². The van der Waals surface area contributed by atoms with Crippen LogP contribution >= 0.6 is 0 Å². The molecule has 0 aliphatic carbocycles. The molecule has 0 fully saturated rings. The smallest absolute Gasteiger partial charge is 0.294 e. The number of nitrogens with zero attached hydrogens (tertiary/aromatic N) is 2. The molecule has 1 heterocycles. The Kier molecular flexibility index (Phi) is 3.92. The maximum atomic E-state index is 13.9. The number of nitrogens with two attached hydrogens (primary N) is 1. The first kappa shape index (κ1) is 14.3. The standard InChI is InChI=1S/C14H17F2N3O/c1-3-5-12-13(17)14(20)19(18(12)4-2)11-7-6-9(15)8-10(11)16/h6-8H,3-5,17H2,1-2H3. The lowest BCUT2D eigenvalue weighted by atomic mass is 10.2. The summed E-state index contributed by atoms with van der Waals surface area (Å²) in [6.45, 7) is 4.29. The first-order valence-electron chi connectivity index (χ1n) is 6.56. The summed E-state index contributed by atoms with van der Waals surface area (Å²) in [5.41, 5.74) is 6.17. The summed E-state index contributed by atoms with van der Waals surface area (Å²) in [4.78, 5) is 12.2. The van der Waals surface area contributed by atoms with Crippen LogP contribution in [0.15, 0.2) is 23.0 Å². The number of rotatable bonds is 4. The quantitative estimate of drug-likeness (QED) is 0.936. The van der Waals surface area contributed by atoms with Crippen molar-refractivity contribution in [2.45, 2.75) is 33.2 Å². The van der Waals surface area contributed by atoms with Crippen LogP contribution in [0.5, 0.6) is 0 Å². The molecule has 0 spiro atoms. The van der Waals surface area contributed by atoms with Crippen LogP contribution in [0.1, 0.15) is 26.0 Å². The lowest BCUT2D eigenvalue weighted by molar-refractivity contribution is 0.516. The minimum atomic E-state index is -0.789. The lowest BCUT2D eigenvalue weighted by Gasteiger charge is -2.13. The zero-order valence-electron chi connectivity index (χ0n) is 11.5. The van der Waals surface area contributed by atoms with Crippen LogP contribution in [0.4, 0.5) is 14.5 Å². The van der Waals surface area contributed by atoms with E-state index in [4.69, 9.17) is 5.73 Å². The van der Waals surface area contributed by atoms with Gasteiger partial charge in [0, 0.05) is 12.6 Å². The van der Waals surface area contributed by atoms with Gasteiger partial charge >= 0.3 is 0 Å². The molecular weight excluding hydrogens is 264 g/mol. The van der Waals surface area contributed by atoms with Crippen molar-refractivity contribution >= 4 is 5.69 Å². The van der Waals surface area contributed by atoms with E-state index in [2.05, 4.69) is 0 Å². The molecule has 0 unspecified atom stereocenters. The minimum absolute atomic E-state index is 0.00676. The van der Waals surface area contributed by atoms with Crippen molar-refractivity contribution in [2.24, 2.45) is 0 Å². The molecule has 0 atom stereocenters. The van der Waals surface area contributed by atoms with Gasteiger partial charge in [-0.2, -0.15) is 0 Å². The Labute approximate surface area is 115 Å². The Hall–Kier alpha value is -2.11. The molecule has 0 saturated carbocycles. The Bertz CT molecular complexity index is 688. The highest BCUT2D eigenvalue weighted by molar-refractivity contribution is 5.46. The first-order chi connectivity index (χ1) is 9.51. The highest BCUT2D eigenvalue weighted by Crippen LogP contribution is 2.18. The van der Waals surface area contributed by atoms with Crippen LogP contribution in [0.25, 0.3) is 5.69 Å². The fourth-order valence-corrected chi connectivity index (χ4v) is 2.33. The van der Waals surface area contributed by atoms with Gasteiger partial charge in [0.1, 0.15) is 17.2 Å². The molecule has 20 heavy (non-hydrogen) atoms. The van der Waals surface area contributed by atoms with E-state index in [1.165, 1.54) is 10.7 Å². The highest BCUT2D eigenvalue weighted by atomic mass is 19.1. The molecule has 2 rings (SSSR count). The summed E-state index contributed by atoms with van der Waals surface area (Å²) in [5.74, 6) is -1.47. The third-order valence-electron chi connectivity index (χ3n) is 3.21. The summed E-state index contributed by atoms with van der Waals surface area (Å²) in [6.07, 6.45) is 1.45. The second kappa shape index (κ2) is 5.48. The fraction of sp³-hybridized carbons (Fsp3) is 0.357. The fourth-order valence-electron chi connectivity index (χ4n) is 2.33. The average molecular weight is 281 g/mol. The summed E-state index contributed by atoms with van der Waals surface area (Å²) in [6, 6.07) is 3.12. The minimum Gasteiger partial charge on any atom is -0.393 e. The van der Waals surface area contributed by atoms with Crippen molar-refractivity contribution < 1.29 is 8.78 Å². The molecule has 1 aromatic carbocycles. The van der Waals surface area contributed by atoms with Crippen LogP contribution in [0.3, 0.4) is 0 Å². The van der Waals surface area contributed by atoms with Gasteiger partial charge in [-0.3, -0.25) is 9.48 Å². The number of hydrogen-bond acceptors (Lipinski definition) is 2. The summed E-state index contributed by atoms with van der Waals surface area (Å²) in [5, 5.41) is 0. The van der Waals surface area contributed by atoms with Gasteiger partial charge in [-0.1, -0.05) is 13.3 Å². The third-order valence-corrected chi connectivity index (χ3v) is 3.21. The molecule has 0 aliphatic heterocycles. The van der Waals surface area contributed by atoms with Gasteiger partial charge in [-0.05, 0) is 25.5 Å². The predicted octanol–water partition coefficient (Wildman–Crippen LogP) is 2.47. The molecule has 0 bridgehead atoms. The van der Waals surface area contributed by atoms with Crippen molar-refractivity contribution in [3.05, 3.63) is 45.9 Å². The van der Waals surface area contributed by atoms with Crippen LogP contribution in [-0.4, -0.2) is 9.36 Å². The van der Waals surface area contributed by atoms with Gasteiger partial charge in [0.25, 0.3) is 5.56 Å². The van der Waals surface area contributed by atoms with Gasteiger partial charge in [-0.25, -0.2) is 13.5 Å². The lowest BCUT2D eigenvalue weighted by Crippen LogP contribution is -2.23. The Morgan fingerprint density at radius 3 is 2.50 bits per heavy atom. The Morgan fingerprint density at radius 1 is 1.25 bits per heavy atom. The maximum Gasteiger partial charge on any atom is 0.294 e. The molecule has 1 aromatic heterocycles. The number of aromatic nitrogens is 2. The van der Waals surface area contributed by atoms with E-state index in [0.717, 1.165) is 18.6 Å². The SMILES string of the molecule is CCCc1c(N)c(=O)n(-c2ccc(F)cc2F)n1CC. The topological polar surface area (TPSA) is 53.0 Å². The second-order valence-corrected chi connectivity index (χ2v) is 4.54. The maximum absolute atomic E-state index is 13.9. The summed E-state index contributed by atoms with van der Waals surface area (Å²) < 4.78 is 29.7. The molecule has 108 valence electrons. The zero-order valence-corrected chi connectivity index (χ0v) is 11.5.